The SMILES string of the molecule is CC(O)CCN(C)c1ncnc(Cl)c1Br. The first-order chi connectivity index (χ1) is 7.02. The molecule has 1 unspecified atom stereocenters. The van der Waals surface area contributed by atoms with Crippen molar-refractivity contribution in [3.8, 4) is 0 Å². The van der Waals surface area contributed by atoms with Gasteiger partial charge in [-0.1, -0.05) is 11.6 Å². The van der Waals surface area contributed by atoms with Gasteiger partial charge in [0.05, 0.1) is 10.6 Å². The minimum Gasteiger partial charge on any atom is -0.393 e. The van der Waals surface area contributed by atoms with Gasteiger partial charge in [-0.25, -0.2) is 9.97 Å². The van der Waals surface area contributed by atoms with Gasteiger partial charge in [0, 0.05) is 13.6 Å². The van der Waals surface area contributed by atoms with Gasteiger partial charge in [-0.3, -0.25) is 0 Å². The summed E-state index contributed by atoms with van der Waals surface area (Å²) >= 11 is 9.17. The van der Waals surface area contributed by atoms with Crippen LogP contribution in [-0.2, 0) is 0 Å². The van der Waals surface area contributed by atoms with Crippen LogP contribution in [0.15, 0.2) is 10.8 Å². The summed E-state index contributed by atoms with van der Waals surface area (Å²) in [5, 5.41) is 9.57. The molecule has 0 saturated heterocycles. The fourth-order valence-corrected chi connectivity index (χ4v) is 1.73. The Morgan fingerprint density at radius 2 is 2.27 bits per heavy atom. The molecule has 0 radical (unpaired) electrons. The predicted molar refractivity (Wildman–Crippen MR) is 64.3 cm³/mol. The van der Waals surface area contributed by atoms with Gasteiger partial charge in [0.15, 0.2) is 0 Å². The topological polar surface area (TPSA) is 49.2 Å². The van der Waals surface area contributed by atoms with Crippen LogP contribution < -0.4 is 4.90 Å². The molecule has 1 rings (SSSR count). The van der Waals surface area contributed by atoms with Crippen molar-refractivity contribution in [1.29, 1.82) is 0 Å². The molecule has 0 aliphatic rings. The Bertz CT molecular complexity index is 335. The predicted octanol–water partition coefficient (Wildman–Crippen LogP) is 2.10. The number of rotatable bonds is 4. The quantitative estimate of drug-likeness (QED) is 0.864. The standard InChI is InChI=1S/C9H13BrClN3O/c1-6(15)3-4-14(2)9-7(10)8(11)12-5-13-9/h5-6,15H,3-4H2,1-2H3. The van der Waals surface area contributed by atoms with E-state index < -0.39 is 0 Å². The fraction of sp³-hybridized carbons (Fsp3) is 0.556. The van der Waals surface area contributed by atoms with Gasteiger partial charge >= 0.3 is 0 Å². The van der Waals surface area contributed by atoms with Crippen LogP contribution in [0.5, 0.6) is 0 Å². The molecule has 0 amide bonds. The molecule has 6 heteroatoms. The number of nitrogens with zero attached hydrogens (tertiary/aromatic N) is 3. The van der Waals surface area contributed by atoms with Gasteiger partial charge in [-0.05, 0) is 29.3 Å². The lowest BCUT2D eigenvalue weighted by Gasteiger charge is -2.20. The molecule has 0 spiro atoms. The first-order valence-corrected chi connectivity index (χ1v) is 5.74. The zero-order valence-electron chi connectivity index (χ0n) is 8.61. The molecule has 0 fully saturated rings. The van der Waals surface area contributed by atoms with Crippen LogP contribution >= 0.6 is 27.5 Å². The second-order valence-corrected chi connectivity index (χ2v) is 4.51. The highest BCUT2D eigenvalue weighted by Crippen LogP contribution is 2.28. The Hall–Kier alpha value is -0.390. The Labute approximate surface area is 102 Å². The van der Waals surface area contributed by atoms with E-state index in [9.17, 15) is 5.11 Å². The van der Waals surface area contributed by atoms with E-state index in [4.69, 9.17) is 11.6 Å². The third-order valence-electron chi connectivity index (χ3n) is 1.97. The summed E-state index contributed by atoms with van der Waals surface area (Å²) in [4.78, 5) is 9.89. The fourth-order valence-electron chi connectivity index (χ4n) is 1.09. The number of hydrogen-bond acceptors (Lipinski definition) is 4. The van der Waals surface area contributed by atoms with Crippen LogP contribution in [-0.4, -0.2) is 34.8 Å². The third-order valence-corrected chi connectivity index (χ3v) is 3.22. The minimum absolute atomic E-state index is 0.316. The lowest BCUT2D eigenvalue weighted by atomic mass is 10.3. The van der Waals surface area contributed by atoms with Crippen LogP contribution in [0.1, 0.15) is 13.3 Å². The summed E-state index contributed by atoms with van der Waals surface area (Å²) in [5.74, 6) is 0.732. The minimum atomic E-state index is -0.316. The summed E-state index contributed by atoms with van der Waals surface area (Å²) in [7, 11) is 1.89. The highest BCUT2D eigenvalue weighted by Gasteiger charge is 2.11. The lowest BCUT2D eigenvalue weighted by molar-refractivity contribution is 0.187. The van der Waals surface area contributed by atoms with Gasteiger partial charge in [-0.15, -0.1) is 0 Å². The van der Waals surface area contributed by atoms with Crippen molar-refractivity contribution in [1.82, 2.24) is 9.97 Å². The van der Waals surface area contributed by atoms with Crippen LogP contribution in [0, 0.1) is 0 Å². The number of halogens is 2. The number of aromatic nitrogens is 2. The Morgan fingerprint density at radius 3 is 2.87 bits per heavy atom. The average Bonchev–Trinajstić information content (AvgIpc) is 2.18. The summed E-state index contributed by atoms with van der Waals surface area (Å²) in [6.07, 6.45) is 1.79. The maximum atomic E-state index is 9.17. The highest BCUT2D eigenvalue weighted by molar-refractivity contribution is 9.10. The molecular formula is C9H13BrClN3O. The van der Waals surface area contributed by atoms with E-state index in [0.717, 1.165) is 5.82 Å². The maximum Gasteiger partial charge on any atom is 0.148 e. The molecule has 15 heavy (non-hydrogen) atoms. The number of hydrogen-bond donors (Lipinski definition) is 1. The van der Waals surface area contributed by atoms with Gasteiger partial charge in [0.25, 0.3) is 0 Å². The molecule has 0 aliphatic carbocycles. The molecule has 1 N–H and O–H groups in total. The van der Waals surface area contributed by atoms with Gasteiger partial charge in [-0.2, -0.15) is 0 Å². The molecule has 0 aromatic carbocycles. The molecule has 1 aromatic rings. The summed E-state index contributed by atoms with van der Waals surface area (Å²) in [5.41, 5.74) is 0. The largest absolute Gasteiger partial charge is 0.393 e. The summed E-state index contributed by atoms with van der Waals surface area (Å²) in [6, 6.07) is 0. The van der Waals surface area contributed by atoms with Gasteiger partial charge in [0.2, 0.25) is 0 Å². The van der Waals surface area contributed by atoms with Gasteiger partial charge < -0.3 is 10.0 Å². The molecule has 0 aliphatic heterocycles. The first kappa shape index (κ1) is 12.7. The second-order valence-electron chi connectivity index (χ2n) is 3.36. The van der Waals surface area contributed by atoms with E-state index in [0.29, 0.717) is 22.6 Å². The van der Waals surface area contributed by atoms with Crippen molar-refractivity contribution in [3.63, 3.8) is 0 Å². The Morgan fingerprint density at radius 1 is 1.60 bits per heavy atom. The van der Waals surface area contributed by atoms with Crippen molar-refractivity contribution < 1.29 is 5.11 Å². The summed E-state index contributed by atoms with van der Waals surface area (Å²) in [6.45, 7) is 2.47. The van der Waals surface area contributed by atoms with E-state index in [-0.39, 0.29) is 6.10 Å². The molecule has 4 nitrogen and oxygen atoms in total. The van der Waals surface area contributed by atoms with Crippen molar-refractivity contribution in [2.45, 2.75) is 19.4 Å². The molecular weight excluding hydrogens is 281 g/mol. The lowest BCUT2D eigenvalue weighted by Crippen LogP contribution is -2.23. The zero-order chi connectivity index (χ0) is 11.4. The highest BCUT2D eigenvalue weighted by atomic mass is 79.9. The number of aliphatic hydroxyl groups is 1. The van der Waals surface area contributed by atoms with Crippen LogP contribution in [0.3, 0.4) is 0 Å². The Kier molecular flexibility index (Phi) is 4.76. The van der Waals surface area contributed by atoms with Gasteiger partial charge in [0.1, 0.15) is 17.3 Å². The van der Waals surface area contributed by atoms with Crippen molar-refractivity contribution in [3.05, 3.63) is 16.0 Å². The first-order valence-electron chi connectivity index (χ1n) is 4.57. The van der Waals surface area contributed by atoms with E-state index in [1.54, 1.807) is 6.92 Å². The van der Waals surface area contributed by atoms with Crippen molar-refractivity contribution in [2.75, 3.05) is 18.5 Å². The summed E-state index contributed by atoms with van der Waals surface area (Å²) < 4.78 is 0.680. The maximum absolute atomic E-state index is 9.17. The molecule has 84 valence electrons. The normalized spacial score (nSPS) is 12.6. The molecule has 1 heterocycles. The van der Waals surface area contributed by atoms with E-state index in [1.165, 1.54) is 6.33 Å². The van der Waals surface area contributed by atoms with Crippen molar-refractivity contribution in [2.24, 2.45) is 0 Å². The van der Waals surface area contributed by atoms with Crippen molar-refractivity contribution >= 4 is 33.3 Å². The van der Waals surface area contributed by atoms with E-state index >= 15 is 0 Å². The molecule has 0 bridgehead atoms. The van der Waals surface area contributed by atoms with Crippen LogP contribution in [0.4, 0.5) is 5.82 Å². The average molecular weight is 295 g/mol. The monoisotopic (exact) mass is 293 g/mol. The van der Waals surface area contributed by atoms with E-state index in [2.05, 4.69) is 25.9 Å². The Balaban J connectivity index is 2.73. The zero-order valence-corrected chi connectivity index (χ0v) is 11.0. The van der Waals surface area contributed by atoms with E-state index in [1.807, 2.05) is 11.9 Å². The van der Waals surface area contributed by atoms with Crippen LogP contribution in [0.25, 0.3) is 0 Å². The third kappa shape index (κ3) is 3.59. The molecule has 0 saturated carbocycles. The second kappa shape index (κ2) is 5.63. The number of aliphatic hydroxyl groups excluding tert-OH is 1. The molecule has 1 atom stereocenters. The molecule has 1 aromatic heterocycles. The van der Waals surface area contributed by atoms with Crippen LogP contribution in [0.2, 0.25) is 5.15 Å². The number of anilines is 1. The smallest absolute Gasteiger partial charge is 0.148 e.